The van der Waals surface area contributed by atoms with Gasteiger partial charge in [-0.15, -0.1) is 0 Å². The van der Waals surface area contributed by atoms with E-state index in [1.165, 1.54) is 218 Å². The van der Waals surface area contributed by atoms with Gasteiger partial charge in [0.15, 0.2) is 0 Å². The Kier molecular flexibility index (Phi) is 31.8. The standard InChI is InChI=1S/C42H56S4.6C4H9.2Sn/c1-3-5-7-9-11-13-15-17-19-21-23-33-25-27-37(45-33)39-35-29-31-44-42(35)40(36-30-32-43-41(36)39)38-28-26-34(46-38)24-22-20-18-16-14-12-10-8-6-4-2;6*1-3-4-2;;/h25-30H,3-24H2,1-2H3;6*1,3-4H2,2H3;;. The van der Waals surface area contributed by atoms with Crippen LogP contribution in [0.4, 0.5) is 0 Å². The molecule has 0 aliphatic rings. The van der Waals surface area contributed by atoms with E-state index in [-0.39, 0.29) is 0 Å². The van der Waals surface area contributed by atoms with E-state index in [0.29, 0.717) is 0 Å². The molecule has 5 aromatic rings. The molecule has 72 heavy (non-hydrogen) atoms. The predicted molar refractivity (Wildman–Crippen MR) is 344 cm³/mol. The molecule has 0 N–H and O–H groups in total. The Labute approximate surface area is 470 Å². The molecule has 4 aromatic heterocycles. The van der Waals surface area contributed by atoms with Gasteiger partial charge in [-0.3, -0.25) is 0 Å². The van der Waals surface area contributed by atoms with Crippen molar-refractivity contribution in [1.29, 1.82) is 0 Å². The molecule has 0 saturated carbocycles. The maximum absolute atomic E-state index is 2.94. The minimum absolute atomic E-state index is 1.25. The summed E-state index contributed by atoms with van der Waals surface area (Å²) in [6, 6.07) is 16.2. The molecule has 0 fully saturated rings. The molecule has 0 nitrogen and oxygen atoms in total. The first-order valence-electron chi connectivity index (χ1n) is 31.6. The van der Waals surface area contributed by atoms with Crippen LogP contribution in [0.3, 0.4) is 0 Å². The van der Waals surface area contributed by atoms with Gasteiger partial charge in [0, 0.05) is 0 Å². The molecule has 5 rings (SSSR count). The van der Waals surface area contributed by atoms with Gasteiger partial charge < -0.3 is 0 Å². The van der Waals surface area contributed by atoms with E-state index in [1.54, 1.807) is 77.4 Å². The summed E-state index contributed by atoms with van der Waals surface area (Å²) in [6.45, 7) is 19.4. The van der Waals surface area contributed by atoms with Crippen LogP contribution in [0.25, 0.3) is 41.1 Å². The monoisotopic (exact) mass is 1270 g/mol. The number of aryl methyl sites for hydroxylation is 2. The van der Waals surface area contributed by atoms with Crippen molar-refractivity contribution in [3.8, 4) is 20.9 Å². The molecule has 0 aliphatic carbocycles. The second kappa shape index (κ2) is 36.3. The van der Waals surface area contributed by atoms with Crippen LogP contribution in [0.15, 0.2) is 36.4 Å². The number of hydrogen-bond acceptors (Lipinski definition) is 4. The first-order chi connectivity index (χ1) is 35.4. The molecule has 0 aliphatic heterocycles. The van der Waals surface area contributed by atoms with Gasteiger partial charge in [-0.2, -0.15) is 0 Å². The third-order valence-electron chi connectivity index (χ3n) is 16.9. The van der Waals surface area contributed by atoms with Gasteiger partial charge in [0.1, 0.15) is 0 Å². The molecule has 0 unspecified atom stereocenters. The van der Waals surface area contributed by atoms with Crippen molar-refractivity contribution >= 4 is 108 Å². The topological polar surface area (TPSA) is 0 Å². The summed E-state index contributed by atoms with van der Waals surface area (Å²) in [4.78, 5) is 6.41. The van der Waals surface area contributed by atoms with E-state index in [4.69, 9.17) is 0 Å². The van der Waals surface area contributed by atoms with Gasteiger partial charge in [-0.25, -0.2) is 0 Å². The molecule has 0 amide bonds. The normalized spacial score (nSPS) is 12.4. The van der Waals surface area contributed by atoms with Crippen LogP contribution in [0, 0.1) is 0 Å². The van der Waals surface area contributed by atoms with E-state index in [9.17, 15) is 0 Å². The molecular formula is C66H110S4Sn2. The van der Waals surface area contributed by atoms with Crippen LogP contribution < -0.4 is 5.79 Å². The fourth-order valence-corrected chi connectivity index (χ4v) is 55.3. The number of benzene rings is 1. The van der Waals surface area contributed by atoms with Gasteiger partial charge in [-0.05, 0) is 0 Å². The minimum atomic E-state index is -2.77. The molecule has 6 heteroatoms. The molecule has 0 atom stereocenters. The number of unbranched alkanes of at least 4 members (excludes halogenated alkanes) is 24. The fraction of sp³-hybridized carbons (Fsp3) is 0.727. The van der Waals surface area contributed by atoms with Crippen LogP contribution in [-0.2, 0) is 12.8 Å². The zero-order valence-corrected chi connectivity index (χ0v) is 57.4. The maximum atomic E-state index is 2.94. The first kappa shape index (κ1) is 63.0. The molecule has 406 valence electrons. The second-order valence-electron chi connectivity index (χ2n) is 23.0. The van der Waals surface area contributed by atoms with Crippen molar-refractivity contribution in [3.63, 3.8) is 0 Å². The van der Waals surface area contributed by atoms with E-state index >= 15 is 0 Å². The second-order valence-corrected chi connectivity index (χ2v) is 55.8. The van der Waals surface area contributed by atoms with Gasteiger partial charge >= 0.3 is 385 Å². The Morgan fingerprint density at radius 3 is 0.833 bits per heavy atom. The van der Waals surface area contributed by atoms with Crippen molar-refractivity contribution in [2.75, 3.05) is 0 Å². The zero-order chi connectivity index (χ0) is 51.3. The predicted octanol–water partition coefficient (Wildman–Crippen LogP) is 24.6. The number of rotatable bonds is 44. The van der Waals surface area contributed by atoms with E-state index in [1.807, 2.05) is 5.79 Å². The molecule has 0 radical (unpaired) electrons. The third kappa shape index (κ3) is 19.2. The Bertz CT molecular complexity index is 1910. The average Bonchev–Trinajstić information content (AvgIpc) is 4.25. The van der Waals surface area contributed by atoms with Crippen LogP contribution in [0.5, 0.6) is 0 Å². The van der Waals surface area contributed by atoms with Gasteiger partial charge in [0.2, 0.25) is 0 Å². The summed E-state index contributed by atoms with van der Waals surface area (Å²) >= 11 is 3.57. The Morgan fingerprint density at radius 2 is 0.556 bits per heavy atom. The molecular weight excluding hydrogens is 1160 g/mol. The van der Waals surface area contributed by atoms with Crippen molar-refractivity contribution in [2.24, 2.45) is 0 Å². The zero-order valence-electron chi connectivity index (χ0n) is 48.4. The van der Waals surface area contributed by atoms with Gasteiger partial charge in [0.25, 0.3) is 0 Å². The third-order valence-corrected chi connectivity index (χ3v) is 58.0. The van der Waals surface area contributed by atoms with Gasteiger partial charge in [0.05, 0.1) is 0 Å². The average molecular weight is 1270 g/mol. The van der Waals surface area contributed by atoms with Crippen LogP contribution in [-0.4, -0.2) is 36.8 Å². The van der Waals surface area contributed by atoms with Gasteiger partial charge in [-0.1, -0.05) is 90.9 Å². The van der Waals surface area contributed by atoms with Crippen molar-refractivity contribution in [2.45, 2.75) is 300 Å². The Morgan fingerprint density at radius 1 is 0.292 bits per heavy atom. The quantitative estimate of drug-likeness (QED) is 0.0269. The summed E-state index contributed by atoms with van der Waals surface area (Å²) < 4.78 is 16.5. The molecule has 0 saturated heterocycles. The van der Waals surface area contributed by atoms with E-state index in [0.717, 1.165) is 0 Å². The summed E-state index contributed by atoms with van der Waals surface area (Å²) in [5, 5.41) is 3.31. The SMILES string of the molecule is CCCCCCCCCCCCc1ccc(-c2c3c[c]([Sn]([CH2]CCC)([CH2]CCC)[CH2]CCC)sc3c(-c3ccc(CCCCCCCCCCCC)s3)c3c[c]([Sn]([CH2]CCC)([CH2]CCC)[CH2]CCC)sc23)s1. The Balaban J connectivity index is 1.65. The van der Waals surface area contributed by atoms with Crippen LogP contribution in [0.2, 0.25) is 26.6 Å². The number of hydrogen-bond donors (Lipinski definition) is 0. The van der Waals surface area contributed by atoms with Crippen LogP contribution in [0.1, 0.15) is 271 Å². The summed E-state index contributed by atoms with van der Waals surface area (Å²) in [7, 11) is 0. The van der Waals surface area contributed by atoms with E-state index < -0.39 is 36.8 Å². The van der Waals surface area contributed by atoms with E-state index in [2.05, 4.69) is 137 Å². The Hall–Kier alpha value is 0.137. The molecule has 0 bridgehead atoms. The van der Waals surface area contributed by atoms with Crippen molar-refractivity contribution in [1.82, 2.24) is 0 Å². The number of thiophene rings is 4. The van der Waals surface area contributed by atoms with Crippen molar-refractivity contribution < 1.29 is 0 Å². The number of fused-ring (bicyclic) bond motifs is 2. The molecule has 0 spiro atoms. The summed E-state index contributed by atoms with van der Waals surface area (Å²) in [5.41, 5.74) is 3.32. The summed E-state index contributed by atoms with van der Waals surface area (Å²) in [5.74, 6) is 0. The fourth-order valence-electron chi connectivity index (χ4n) is 12.2. The molecule has 4 heterocycles. The first-order valence-corrected chi connectivity index (χ1v) is 49.8. The summed E-state index contributed by atoms with van der Waals surface area (Å²) in [6.07, 6.45) is 47.3. The molecule has 1 aromatic carbocycles. The van der Waals surface area contributed by atoms with Crippen LogP contribution >= 0.6 is 45.3 Å². The van der Waals surface area contributed by atoms with Crippen molar-refractivity contribution in [3.05, 3.63) is 46.2 Å².